The highest BCUT2D eigenvalue weighted by Crippen LogP contribution is 2.31. The summed E-state index contributed by atoms with van der Waals surface area (Å²) in [6, 6.07) is 17.3. The molecular formula is C22H23N3O3. The number of nitrogens with zero attached hydrogens (tertiary/aromatic N) is 2. The molecule has 1 N–H and O–H groups in total. The van der Waals surface area contributed by atoms with Gasteiger partial charge in [0.05, 0.1) is 12.1 Å². The monoisotopic (exact) mass is 377 g/mol. The van der Waals surface area contributed by atoms with Gasteiger partial charge in [-0.3, -0.25) is 14.5 Å². The molecule has 2 fully saturated rings. The lowest BCUT2D eigenvalue weighted by Gasteiger charge is -2.30. The third-order valence-corrected chi connectivity index (χ3v) is 5.57. The van der Waals surface area contributed by atoms with Gasteiger partial charge in [0.25, 0.3) is 5.91 Å². The van der Waals surface area contributed by atoms with Gasteiger partial charge >= 0.3 is 6.03 Å². The lowest BCUT2D eigenvalue weighted by molar-refractivity contribution is -0.126. The van der Waals surface area contributed by atoms with Gasteiger partial charge in [0.2, 0.25) is 5.91 Å². The minimum Gasteiger partial charge on any atom is -0.348 e. The highest BCUT2D eigenvalue weighted by molar-refractivity contribution is 6.06. The van der Waals surface area contributed by atoms with Crippen LogP contribution < -0.4 is 5.32 Å². The van der Waals surface area contributed by atoms with E-state index in [1.807, 2.05) is 43.3 Å². The number of fused-ring (bicyclic) bond motifs is 2. The van der Waals surface area contributed by atoms with Crippen LogP contribution in [-0.4, -0.2) is 46.3 Å². The summed E-state index contributed by atoms with van der Waals surface area (Å²) in [5.41, 5.74) is 1.50. The van der Waals surface area contributed by atoms with E-state index in [1.54, 1.807) is 29.2 Å². The molecule has 2 heterocycles. The van der Waals surface area contributed by atoms with E-state index in [0.29, 0.717) is 24.9 Å². The summed E-state index contributed by atoms with van der Waals surface area (Å²) in [6.45, 7) is 2.34. The molecule has 2 saturated heterocycles. The Hall–Kier alpha value is -3.15. The van der Waals surface area contributed by atoms with Crippen LogP contribution in [0.4, 0.5) is 4.79 Å². The number of imide groups is 1. The molecule has 2 aliphatic heterocycles. The van der Waals surface area contributed by atoms with Gasteiger partial charge in [-0.2, -0.15) is 0 Å². The van der Waals surface area contributed by atoms with Gasteiger partial charge in [-0.15, -0.1) is 0 Å². The molecule has 6 heteroatoms. The van der Waals surface area contributed by atoms with Crippen molar-refractivity contribution in [2.24, 2.45) is 0 Å². The molecule has 2 bridgehead atoms. The first-order valence-electron chi connectivity index (χ1n) is 9.61. The van der Waals surface area contributed by atoms with Gasteiger partial charge in [0.1, 0.15) is 6.04 Å². The first-order valence-corrected chi connectivity index (χ1v) is 9.61. The fourth-order valence-electron chi connectivity index (χ4n) is 4.05. The first-order chi connectivity index (χ1) is 13.6. The van der Waals surface area contributed by atoms with Gasteiger partial charge < -0.3 is 10.2 Å². The van der Waals surface area contributed by atoms with Crippen LogP contribution in [0.15, 0.2) is 60.7 Å². The molecule has 2 aliphatic rings. The van der Waals surface area contributed by atoms with Crippen molar-refractivity contribution in [2.75, 3.05) is 6.54 Å². The Balaban J connectivity index is 1.47. The molecule has 3 atom stereocenters. The van der Waals surface area contributed by atoms with E-state index in [9.17, 15) is 14.4 Å². The number of urea groups is 1. The van der Waals surface area contributed by atoms with E-state index in [4.69, 9.17) is 0 Å². The average Bonchev–Trinajstić information content (AvgIpc) is 2.98. The van der Waals surface area contributed by atoms with Crippen LogP contribution in [0.1, 0.15) is 41.7 Å². The maximum atomic E-state index is 12.9. The molecule has 0 saturated carbocycles. The van der Waals surface area contributed by atoms with E-state index in [-0.39, 0.29) is 29.9 Å². The van der Waals surface area contributed by atoms with E-state index in [0.717, 1.165) is 5.56 Å². The Morgan fingerprint density at radius 2 is 1.64 bits per heavy atom. The van der Waals surface area contributed by atoms with Crippen LogP contribution in [0, 0.1) is 0 Å². The summed E-state index contributed by atoms with van der Waals surface area (Å²) in [5.74, 6) is -0.464. The fraction of sp³-hybridized carbons (Fsp3) is 0.318. The number of hydrogen-bond donors (Lipinski definition) is 1. The first kappa shape index (κ1) is 18.2. The smallest absolute Gasteiger partial charge is 0.328 e. The van der Waals surface area contributed by atoms with Crippen LogP contribution in [0.25, 0.3) is 0 Å². The van der Waals surface area contributed by atoms with Crippen molar-refractivity contribution in [1.82, 2.24) is 15.1 Å². The van der Waals surface area contributed by atoms with Crippen molar-refractivity contribution in [1.29, 1.82) is 0 Å². The second kappa shape index (κ2) is 7.46. The summed E-state index contributed by atoms with van der Waals surface area (Å²) in [7, 11) is 0. The Kier molecular flexibility index (Phi) is 4.86. The number of carbonyl (C=O) groups is 3. The van der Waals surface area contributed by atoms with Crippen molar-refractivity contribution in [3.8, 4) is 0 Å². The number of carbonyl (C=O) groups excluding carboxylic acids is 3. The maximum Gasteiger partial charge on any atom is 0.328 e. The second-order valence-corrected chi connectivity index (χ2v) is 7.36. The molecular weight excluding hydrogens is 354 g/mol. The Bertz CT molecular complexity index is 884. The number of amides is 4. The third kappa shape index (κ3) is 3.26. The molecule has 0 aromatic heterocycles. The Morgan fingerprint density at radius 3 is 2.32 bits per heavy atom. The van der Waals surface area contributed by atoms with Crippen molar-refractivity contribution in [2.45, 2.75) is 37.9 Å². The van der Waals surface area contributed by atoms with Crippen LogP contribution >= 0.6 is 0 Å². The zero-order valence-electron chi connectivity index (χ0n) is 15.7. The summed E-state index contributed by atoms with van der Waals surface area (Å²) >= 11 is 0. The van der Waals surface area contributed by atoms with E-state index >= 15 is 0 Å². The molecule has 28 heavy (non-hydrogen) atoms. The van der Waals surface area contributed by atoms with E-state index < -0.39 is 6.04 Å². The van der Waals surface area contributed by atoms with E-state index in [2.05, 4.69) is 5.32 Å². The van der Waals surface area contributed by atoms with Crippen molar-refractivity contribution < 1.29 is 14.4 Å². The second-order valence-electron chi connectivity index (χ2n) is 7.36. The Labute approximate surface area is 164 Å². The summed E-state index contributed by atoms with van der Waals surface area (Å²) in [6.07, 6.45) is 1.20. The zero-order chi connectivity index (χ0) is 19.7. The van der Waals surface area contributed by atoms with Gasteiger partial charge in [-0.05, 0) is 37.5 Å². The molecule has 2 aromatic carbocycles. The molecule has 0 spiro atoms. The topological polar surface area (TPSA) is 69.7 Å². The molecule has 144 valence electrons. The number of rotatable bonds is 4. The SMILES string of the molecule is CC(NC(=O)C1CCC2CN1C(=O)N2C(=O)c1ccccc1)c1ccccc1. The fourth-order valence-corrected chi connectivity index (χ4v) is 4.05. The van der Waals surface area contributed by atoms with Crippen LogP contribution in [0.5, 0.6) is 0 Å². The van der Waals surface area contributed by atoms with Crippen molar-refractivity contribution >= 4 is 17.8 Å². The average molecular weight is 377 g/mol. The predicted octanol–water partition coefficient (Wildman–Crippen LogP) is 2.97. The number of piperidine rings is 1. The lowest BCUT2D eigenvalue weighted by Crippen LogP contribution is -2.50. The zero-order valence-corrected chi connectivity index (χ0v) is 15.7. The summed E-state index contributed by atoms with van der Waals surface area (Å²) in [5, 5.41) is 3.01. The predicted molar refractivity (Wildman–Crippen MR) is 105 cm³/mol. The summed E-state index contributed by atoms with van der Waals surface area (Å²) < 4.78 is 0. The minimum absolute atomic E-state index is 0.147. The van der Waals surface area contributed by atoms with Gasteiger partial charge in [-0.25, -0.2) is 4.79 Å². The molecule has 0 radical (unpaired) electrons. The maximum absolute atomic E-state index is 12.9. The summed E-state index contributed by atoms with van der Waals surface area (Å²) in [4.78, 5) is 41.5. The third-order valence-electron chi connectivity index (χ3n) is 5.57. The molecule has 3 unspecified atom stereocenters. The highest BCUT2D eigenvalue weighted by Gasteiger charge is 2.49. The molecule has 6 nitrogen and oxygen atoms in total. The quantitative estimate of drug-likeness (QED) is 0.891. The standard InChI is InChI=1S/C22H23N3O3/c1-15(16-8-4-2-5-9-16)23-20(26)19-13-12-18-14-24(19)22(28)25(18)21(27)17-10-6-3-7-11-17/h2-11,15,18-19H,12-14H2,1H3,(H,23,26). The van der Waals surface area contributed by atoms with Crippen LogP contribution in [0.2, 0.25) is 0 Å². The highest BCUT2D eigenvalue weighted by atomic mass is 16.2. The van der Waals surface area contributed by atoms with Gasteiger partial charge in [0, 0.05) is 12.1 Å². The number of hydrogen-bond acceptors (Lipinski definition) is 3. The Morgan fingerprint density at radius 1 is 1.00 bits per heavy atom. The molecule has 4 amide bonds. The number of nitrogens with one attached hydrogen (secondary N) is 1. The van der Waals surface area contributed by atoms with Crippen LogP contribution in [0.3, 0.4) is 0 Å². The molecule has 0 aliphatic carbocycles. The largest absolute Gasteiger partial charge is 0.348 e. The van der Waals surface area contributed by atoms with Crippen molar-refractivity contribution in [3.63, 3.8) is 0 Å². The molecule has 4 rings (SSSR count). The minimum atomic E-state index is -0.538. The van der Waals surface area contributed by atoms with E-state index in [1.165, 1.54) is 4.90 Å². The van der Waals surface area contributed by atoms with Crippen molar-refractivity contribution in [3.05, 3.63) is 71.8 Å². The van der Waals surface area contributed by atoms with Gasteiger partial charge in [-0.1, -0.05) is 48.5 Å². The van der Waals surface area contributed by atoms with Crippen LogP contribution in [-0.2, 0) is 4.79 Å². The normalized spacial score (nSPS) is 22.1. The lowest BCUT2D eigenvalue weighted by atomic mass is 9.99. The van der Waals surface area contributed by atoms with Gasteiger partial charge in [0.15, 0.2) is 0 Å². The number of benzene rings is 2. The molecule has 2 aromatic rings.